The van der Waals surface area contributed by atoms with E-state index in [0.717, 1.165) is 6.07 Å². The first-order valence-electron chi connectivity index (χ1n) is 6.65. The average Bonchev–Trinajstić information content (AvgIpc) is 2.37. The van der Waals surface area contributed by atoms with Gasteiger partial charge in [-0.1, -0.05) is 12.1 Å². The van der Waals surface area contributed by atoms with Crippen molar-refractivity contribution in [2.45, 2.75) is 45.3 Å². The molecule has 1 aromatic carbocycles. The molecule has 1 fully saturated rings. The molecule has 0 aromatic heterocycles. The Kier molecular flexibility index (Phi) is 3.51. The number of nitrogens with zero attached hydrogens (tertiary/aromatic N) is 1. The maximum absolute atomic E-state index is 13.8. The summed E-state index contributed by atoms with van der Waals surface area (Å²) in [5.74, 6) is -2.64. The van der Waals surface area contributed by atoms with E-state index in [-0.39, 0.29) is 23.9 Å². The van der Waals surface area contributed by atoms with Crippen LogP contribution in [-0.4, -0.2) is 27.8 Å². The molecule has 0 unspecified atom stereocenters. The normalized spacial score (nSPS) is 20.4. The second-order valence-electron chi connectivity index (χ2n) is 6.24. The second kappa shape index (κ2) is 4.79. The predicted molar refractivity (Wildman–Crippen MR) is 73.2 cm³/mol. The Balaban J connectivity index is 2.42. The van der Waals surface area contributed by atoms with Gasteiger partial charge in [0.15, 0.2) is 11.6 Å². The Morgan fingerprint density at radius 2 is 1.76 bits per heavy atom. The molecule has 0 atom stereocenters. The Hall–Kier alpha value is -1.98. The number of rotatable bonds is 2. The topological polar surface area (TPSA) is 49.4 Å². The quantitative estimate of drug-likeness (QED) is 0.907. The molecule has 0 aliphatic carbocycles. The van der Waals surface area contributed by atoms with Gasteiger partial charge in [0.1, 0.15) is 11.1 Å². The summed E-state index contributed by atoms with van der Waals surface area (Å²) in [6, 6.07) is 3.79. The van der Waals surface area contributed by atoms with Crippen molar-refractivity contribution in [2.24, 2.45) is 0 Å². The van der Waals surface area contributed by atoms with Gasteiger partial charge in [0.25, 0.3) is 0 Å². The van der Waals surface area contributed by atoms with Crippen LogP contribution in [-0.2, 0) is 16.1 Å². The summed E-state index contributed by atoms with van der Waals surface area (Å²) in [5, 5.41) is 2.64. The van der Waals surface area contributed by atoms with Crippen molar-refractivity contribution < 1.29 is 18.4 Å². The fourth-order valence-corrected chi connectivity index (χ4v) is 2.31. The summed E-state index contributed by atoms with van der Waals surface area (Å²) >= 11 is 0. The molecule has 2 amide bonds. The van der Waals surface area contributed by atoms with Crippen molar-refractivity contribution in [2.75, 3.05) is 0 Å². The van der Waals surface area contributed by atoms with Crippen molar-refractivity contribution in [3.05, 3.63) is 35.4 Å². The van der Waals surface area contributed by atoms with E-state index in [0.29, 0.717) is 0 Å². The third-order valence-corrected chi connectivity index (χ3v) is 3.80. The molecule has 4 nitrogen and oxygen atoms in total. The zero-order valence-electron chi connectivity index (χ0n) is 12.5. The lowest BCUT2D eigenvalue weighted by Crippen LogP contribution is -2.71. The van der Waals surface area contributed by atoms with Gasteiger partial charge in [0, 0.05) is 12.1 Å². The second-order valence-corrected chi connectivity index (χ2v) is 6.24. The maximum atomic E-state index is 13.8. The van der Waals surface area contributed by atoms with Crippen molar-refractivity contribution in [3.63, 3.8) is 0 Å². The lowest BCUT2D eigenvalue weighted by Gasteiger charge is -2.47. The largest absolute Gasteiger partial charge is 0.340 e. The molecular weight excluding hydrogens is 278 g/mol. The highest BCUT2D eigenvalue weighted by Gasteiger charge is 2.50. The van der Waals surface area contributed by atoms with E-state index in [9.17, 15) is 18.4 Å². The number of hydrogen-bond acceptors (Lipinski definition) is 2. The Bertz CT molecular complexity index is 612. The molecule has 2 rings (SSSR count). The third-order valence-electron chi connectivity index (χ3n) is 3.80. The molecule has 114 valence electrons. The van der Waals surface area contributed by atoms with Gasteiger partial charge >= 0.3 is 0 Å². The molecule has 1 aliphatic heterocycles. The Morgan fingerprint density at radius 1 is 1.14 bits per heavy atom. The van der Waals surface area contributed by atoms with Gasteiger partial charge in [-0.3, -0.25) is 9.59 Å². The van der Waals surface area contributed by atoms with E-state index < -0.39 is 22.7 Å². The average molecular weight is 296 g/mol. The van der Waals surface area contributed by atoms with E-state index in [4.69, 9.17) is 0 Å². The van der Waals surface area contributed by atoms with E-state index in [2.05, 4.69) is 5.32 Å². The summed E-state index contributed by atoms with van der Waals surface area (Å²) in [7, 11) is 0. The van der Waals surface area contributed by atoms with Crippen LogP contribution in [0.5, 0.6) is 0 Å². The summed E-state index contributed by atoms with van der Waals surface area (Å²) in [6.45, 7) is 6.15. The third kappa shape index (κ3) is 2.50. The van der Waals surface area contributed by atoms with E-state index in [1.807, 2.05) is 0 Å². The molecule has 1 N–H and O–H groups in total. The van der Waals surface area contributed by atoms with Crippen LogP contribution >= 0.6 is 0 Å². The van der Waals surface area contributed by atoms with E-state index in [1.54, 1.807) is 27.7 Å². The molecule has 21 heavy (non-hydrogen) atoms. The zero-order chi connectivity index (χ0) is 16.0. The number of carbonyl (C=O) groups excluding carboxylic acids is 2. The van der Waals surface area contributed by atoms with Crippen LogP contribution in [0.3, 0.4) is 0 Å². The minimum Gasteiger partial charge on any atom is -0.340 e. The zero-order valence-corrected chi connectivity index (χ0v) is 12.5. The number of nitrogens with one attached hydrogen (secondary N) is 1. The molecular formula is C15H18F2N2O2. The molecule has 0 radical (unpaired) electrons. The van der Waals surface area contributed by atoms with Crippen LogP contribution in [0.4, 0.5) is 8.78 Å². The Labute approximate surface area is 122 Å². The van der Waals surface area contributed by atoms with Crippen LogP contribution in [0.1, 0.15) is 33.3 Å². The van der Waals surface area contributed by atoms with Crippen molar-refractivity contribution in [3.8, 4) is 0 Å². The van der Waals surface area contributed by atoms with Crippen molar-refractivity contribution in [1.29, 1.82) is 0 Å². The Morgan fingerprint density at radius 3 is 2.38 bits per heavy atom. The fourth-order valence-electron chi connectivity index (χ4n) is 2.31. The highest BCUT2D eigenvalue weighted by atomic mass is 19.2. The lowest BCUT2D eigenvalue weighted by atomic mass is 9.89. The molecule has 1 saturated heterocycles. The summed E-state index contributed by atoms with van der Waals surface area (Å²) < 4.78 is 27.1. The lowest BCUT2D eigenvalue weighted by molar-refractivity contribution is -0.160. The number of benzene rings is 1. The van der Waals surface area contributed by atoms with Gasteiger partial charge in [0.2, 0.25) is 11.8 Å². The summed E-state index contributed by atoms with van der Waals surface area (Å²) in [5.41, 5.74) is -2.16. The first kappa shape index (κ1) is 15.4. The highest BCUT2D eigenvalue weighted by Crippen LogP contribution is 2.28. The van der Waals surface area contributed by atoms with E-state index >= 15 is 0 Å². The smallest absolute Gasteiger partial charge is 0.248 e. The predicted octanol–water partition coefficient (Wildman–Crippen LogP) is 1.98. The standard InChI is InChI=1S/C15H18F2N2O2/c1-14(2)13(21)19(15(3,4)12(20)18-14)8-9-6-5-7-10(16)11(9)17/h5-7H,8H2,1-4H3,(H,18,20). The summed E-state index contributed by atoms with van der Waals surface area (Å²) in [4.78, 5) is 25.9. The molecule has 1 heterocycles. The number of hydrogen-bond donors (Lipinski definition) is 1. The first-order chi connectivity index (χ1) is 9.57. The van der Waals surface area contributed by atoms with Gasteiger partial charge in [-0.15, -0.1) is 0 Å². The molecule has 1 aliphatic rings. The van der Waals surface area contributed by atoms with Crippen LogP contribution in [0.2, 0.25) is 0 Å². The van der Waals surface area contributed by atoms with Crippen molar-refractivity contribution in [1.82, 2.24) is 10.2 Å². The van der Waals surface area contributed by atoms with Gasteiger partial charge in [0.05, 0.1) is 0 Å². The van der Waals surface area contributed by atoms with Crippen molar-refractivity contribution >= 4 is 11.8 Å². The van der Waals surface area contributed by atoms with Gasteiger partial charge in [-0.25, -0.2) is 8.78 Å². The minimum atomic E-state index is -1.13. The van der Waals surface area contributed by atoms with Crippen LogP contribution in [0.25, 0.3) is 0 Å². The number of carbonyl (C=O) groups is 2. The number of piperazine rings is 1. The minimum absolute atomic E-state index is 0.0434. The van der Waals surface area contributed by atoms with E-state index in [1.165, 1.54) is 17.0 Å². The fraction of sp³-hybridized carbons (Fsp3) is 0.467. The van der Waals surface area contributed by atoms with Gasteiger partial charge in [-0.05, 0) is 33.8 Å². The molecule has 6 heteroatoms. The first-order valence-corrected chi connectivity index (χ1v) is 6.65. The molecule has 0 spiro atoms. The maximum Gasteiger partial charge on any atom is 0.248 e. The van der Waals surface area contributed by atoms with Crippen LogP contribution < -0.4 is 5.32 Å². The molecule has 0 bridgehead atoms. The summed E-state index contributed by atoms with van der Waals surface area (Å²) in [6.07, 6.45) is 0. The van der Waals surface area contributed by atoms with Crippen LogP contribution in [0.15, 0.2) is 18.2 Å². The number of amides is 2. The molecule has 1 aromatic rings. The number of halogens is 2. The monoisotopic (exact) mass is 296 g/mol. The van der Waals surface area contributed by atoms with Crippen LogP contribution in [0, 0.1) is 11.6 Å². The SMILES string of the molecule is CC1(C)NC(=O)C(C)(C)N(Cc2cccc(F)c2F)C1=O. The molecule has 0 saturated carbocycles. The van der Waals surface area contributed by atoms with Gasteiger partial charge < -0.3 is 10.2 Å². The highest BCUT2D eigenvalue weighted by molar-refractivity contribution is 6.01. The van der Waals surface area contributed by atoms with Gasteiger partial charge in [-0.2, -0.15) is 0 Å².